The molecule has 24 heavy (non-hydrogen) atoms. The van der Waals surface area contributed by atoms with Crippen molar-refractivity contribution in [3.8, 4) is 22.6 Å². The zero-order valence-electron chi connectivity index (χ0n) is 11.6. The van der Waals surface area contributed by atoms with Crippen LogP contribution in [0.3, 0.4) is 0 Å². The van der Waals surface area contributed by atoms with E-state index in [0.29, 0.717) is 6.07 Å². The Morgan fingerprint density at radius 2 is 1.29 bits per heavy atom. The average Bonchev–Trinajstić information content (AvgIpc) is 2.43. The summed E-state index contributed by atoms with van der Waals surface area (Å²) in [5, 5.41) is 18.6. The molecule has 10 heteroatoms. The monoisotopic (exact) mass is 352 g/mol. The van der Waals surface area contributed by atoms with E-state index < -0.39 is 57.5 Å². The Kier molecular flexibility index (Phi) is 3.95. The maximum atomic E-state index is 13.2. The molecule has 0 aliphatic rings. The summed E-state index contributed by atoms with van der Waals surface area (Å²) in [5.74, 6) is -1.79. The molecule has 0 saturated carbocycles. The Hall–Kier alpha value is -2.78. The van der Waals surface area contributed by atoms with Crippen LogP contribution in [0.1, 0.15) is 11.1 Å². The molecule has 0 aliphatic carbocycles. The Morgan fingerprint density at radius 1 is 0.750 bits per heavy atom. The number of aromatic hydroxyl groups is 2. The molecule has 2 rings (SSSR count). The third-order valence-electron chi connectivity index (χ3n) is 3.27. The van der Waals surface area contributed by atoms with Gasteiger partial charge in [0, 0.05) is 5.56 Å². The van der Waals surface area contributed by atoms with Crippen LogP contribution >= 0.6 is 0 Å². The summed E-state index contributed by atoms with van der Waals surface area (Å²) < 4.78 is 79.0. The Bertz CT molecular complexity index is 799. The predicted octanol–water partition coefficient (Wildman–Crippen LogP) is 3.97. The molecule has 0 saturated heterocycles. The van der Waals surface area contributed by atoms with Crippen molar-refractivity contribution >= 4 is 11.4 Å². The lowest BCUT2D eigenvalue weighted by molar-refractivity contribution is -0.139. The number of phenolic OH excluding ortho intramolecular Hbond substituents is 2. The number of alkyl halides is 6. The van der Waals surface area contributed by atoms with E-state index in [4.69, 9.17) is 11.5 Å². The molecule has 130 valence electrons. The summed E-state index contributed by atoms with van der Waals surface area (Å²) in [6, 6.07) is 1.91. The number of hydrogen-bond acceptors (Lipinski definition) is 4. The van der Waals surface area contributed by atoms with Gasteiger partial charge in [0.15, 0.2) is 0 Å². The van der Waals surface area contributed by atoms with Gasteiger partial charge in [0.25, 0.3) is 0 Å². The van der Waals surface area contributed by atoms with Gasteiger partial charge >= 0.3 is 12.4 Å². The summed E-state index contributed by atoms with van der Waals surface area (Å²) in [5.41, 5.74) is 4.22. The number of nitrogens with two attached hydrogens (primary N) is 2. The molecule has 2 aromatic rings. The number of benzene rings is 2. The van der Waals surface area contributed by atoms with Gasteiger partial charge in [-0.05, 0) is 23.8 Å². The van der Waals surface area contributed by atoms with Gasteiger partial charge in [-0.2, -0.15) is 26.3 Å². The van der Waals surface area contributed by atoms with Crippen molar-refractivity contribution in [2.75, 3.05) is 11.5 Å². The van der Waals surface area contributed by atoms with Crippen LogP contribution in [0.15, 0.2) is 24.3 Å². The van der Waals surface area contributed by atoms with Crippen molar-refractivity contribution in [3.63, 3.8) is 0 Å². The van der Waals surface area contributed by atoms with E-state index in [-0.39, 0.29) is 12.1 Å². The van der Waals surface area contributed by atoms with Gasteiger partial charge in [-0.25, -0.2) is 0 Å². The Labute approximate surface area is 130 Å². The van der Waals surface area contributed by atoms with E-state index in [2.05, 4.69) is 0 Å². The van der Waals surface area contributed by atoms with Crippen molar-refractivity contribution < 1.29 is 36.6 Å². The molecular weight excluding hydrogens is 342 g/mol. The minimum Gasteiger partial charge on any atom is -0.508 e. The lowest BCUT2D eigenvalue weighted by atomic mass is 9.92. The SMILES string of the molecule is Nc1c(O)cc(C(F)(F)F)c(-c2ccc(O)cc2C(F)(F)F)c1N. The number of hydrogen-bond donors (Lipinski definition) is 4. The molecule has 0 atom stereocenters. The molecule has 0 aliphatic heterocycles. The third kappa shape index (κ3) is 2.99. The van der Waals surface area contributed by atoms with E-state index in [9.17, 15) is 36.6 Å². The number of nitrogen functional groups attached to an aromatic ring is 2. The fourth-order valence-electron chi connectivity index (χ4n) is 2.20. The molecule has 0 aromatic heterocycles. The van der Waals surface area contributed by atoms with Gasteiger partial charge in [0.1, 0.15) is 11.5 Å². The summed E-state index contributed by atoms with van der Waals surface area (Å²) in [4.78, 5) is 0. The molecule has 6 N–H and O–H groups in total. The van der Waals surface area contributed by atoms with Gasteiger partial charge in [0.05, 0.1) is 22.5 Å². The van der Waals surface area contributed by atoms with E-state index in [1.165, 1.54) is 0 Å². The molecular formula is C14H10F6N2O2. The van der Waals surface area contributed by atoms with Gasteiger partial charge in [-0.3, -0.25) is 0 Å². The molecule has 0 bridgehead atoms. The first-order valence-electron chi connectivity index (χ1n) is 6.22. The Morgan fingerprint density at radius 3 is 1.79 bits per heavy atom. The van der Waals surface area contributed by atoms with E-state index >= 15 is 0 Å². The summed E-state index contributed by atoms with van der Waals surface area (Å²) in [7, 11) is 0. The van der Waals surface area contributed by atoms with Crippen LogP contribution in [0.5, 0.6) is 11.5 Å². The molecule has 0 amide bonds. The highest BCUT2D eigenvalue weighted by atomic mass is 19.4. The topological polar surface area (TPSA) is 92.5 Å². The van der Waals surface area contributed by atoms with Crippen molar-refractivity contribution in [2.45, 2.75) is 12.4 Å². The molecule has 0 fully saturated rings. The lowest BCUT2D eigenvalue weighted by Crippen LogP contribution is -2.14. The van der Waals surface area contributed by atoms with Crippen molar-refractivity contribution in [2.24, 2.45) is 0 Å². The van der Waals surface area contributed by atoms with Crippen LogP contribution in [-0.4, -0.2) is 10.2 Å². The van der Waals surface area contributed by atoms with Crippen molar-refractivity contribution in [1.82, 2.24) is 0 Å². The normalized spacial score (nSPS) is 12.4. The molecule has 4 nitrogen and oxygen atoms in total. The van der Waals surface area contributed by atoms with Crippen molar-refractivity contribution in [3.05, 3.63) is 35.4 Å². The predicted molar refractivity (Wildman–Crippen MR) is 74.0 cm³/mol. The van der Waals surface area contributed by atoms with E-state index in [0.717, 1.165) is 6.07 Å². The second-order valence-electron chi connectivity index (χ2n) is 4.87. The van der Waals surface area contributed by atoms with E-state index in [1.54, 1.807) is 0 Å². The molecule has 2 aromatic carbocycles. The number of phenols is 2. The van der Waals surface area contributed by atoms with Gasteiger partial charge < -0.3 is 21.7 Å². The number of anilines is 2. The Balaban J connectivity index is 2.95. The zero-order valence-corrected chi connectivity index (χ0v) is 11.6. The number of rotatable bonds is 1. The highest BCUT2D eigenvalue weighted by Crippen LogP contribution is 2.49. The van der Waals surface area contributed by atoms with Gasteiger partial charge in [-0.15, -0.1) is 0 Å². The van der Waals surface area contributed by atoms with Crippen LogP contribution in [0.2, 0.25) is 0 Å². The molecule has 0 unspecified atom stereocenters. The van der Waals surface area contributed by atoms with Crippen LogP contribution in [-0.2, 0) is 12.4 Å². The smallest absolute Gasteiger partial charge is 0.417 e. The fourth-order valence-corrected chi connectivity index (χ4v) is 2.20. The molecule has 0 radical (unpaired) electrons. The second-order valence-corrected chi connectivity index (χ2v) is 4.87. The summed E-state index contributed by atoms with van der Waals surface area (Å²) in [6.45, 7) is 0. The zero-order chi connectivity index (χ0) is 18.4. The maximum absolute atomic E-state index is 13.2. The van der Waals surface area contributed by atoms with Crippen LogP contribution in [0.25, 0.3) is 11.1 Å². The maximum Gasteiger partial charge on any atom is 0.417 e. The first-order chi connectivity index (χ1) is 10.8. The minimum atomic E-state index is -5.10. The first kappa shape index (κ1) is 17.6. The first-order valence-corrected chi connectivity index (χ1v) is 6.22. The summed E-state index contributed by atoms with van der Waals surface area (Å²) in [6.07, 6.45) is -10.2. The lowest BCUT2D eigenvalue weighted by Gasteiger charge is -2.21. The van der Waals surface area contributed by atoms with Crippen LogP contribution in [0.4, 0.5) is 37.7 Å². The fraction of sp³-hybridized carbons (Fsp3) is 0.143. The van der Waals surface area contributed by atoms with Crippen LogP contribution < -0.4 is 11.5 Å². The van der Waals surface area contributed by atoms with Gasteiger partial charge in [-0.1, -0.05) is 6.07 Å². The largest absolute Gasteiger partial charge is 0.508 e. The highest BCUT2D eigenvalue weighted by molar-refractivity contribution is 5.91. The summed E-state index contributed by atoms with van der Waals surface area (Å²) >= 11 is 0. The van der Waals surface area contributed by atoms with Crippen LogP contribution in [0, 0.1) is 0 Å². The minimum absolute atomic E-state index is 0.202. The van der Waals surface area contributed by atoms with Gasteiger partial charge in [0.2, 0.25) is 0 Å². The quantitative estimate of drug-likeness (QED) is 0.355. The standard InChI is InChI=1S/C14H10F6N2O2/c15-13(16,17)7-3-5(23)1-2-6(7)10-8(14(18,19)20)4-9(24)11(21)12(10)22/h1-4,23-24H,21-22H2. The third-order valence-corrected chi connectivity index (χ3v) is 3.27. The highest BCUT2D eigenvalue weighted by Gasteiger charge is 2.40. The number of halogens is 6. The molecule has 0 spiro atoms. The second kappa shape index (κ2) is 5.39. The van der Waals surface area contributed by atoms with E-state index in [1.807, 2.05) is 0 Å². The molecule has 0 heterocycles. The van der Waals surface area contributed by atoms with Crippen molar-refractivity contribution in [1.29, 1.82) is 0 Å². The average molecular weight is 352 g/mol.